The monoisotopic (exact) mass is 504 g/mol. The molecule has 0 aromatic heterocycles. The molecule has 3 aromatic carbocycles. The van der Waals surface area contributed by atoms with Gasteiger partial charge in [0.2, 0.25) is 0 Å². The van der Waals surface area contributed by atoms with Gasteiger partial charge in [0.15, 0.2) is 6.29 Å². The number of fused-ring (bicyclic) bond motifs is 1. The number of amides is 2. The summed E-state index contributed by atoms with van der Waals surface area (Å²) in [6.45, 7) is 1.49. The summed E-state index contributed by atoms with van der Waals surface area (Å²) < 4.78 is 16.6. The van der Waals surface area contributed by atoms with Crippen LogP contribution in [0.1, 0.15) is 35.2 Å². The highest BCUT2D eigenvalue weighted by Crippen LogP contribution is 2.25. The highest BCUT2D eigenvalue weighted by atomic mass is 16.8. The molecule has 1 aliphatic heterocycles. The highest BCUT2D eigenvalue weighted by molar-refractivity contribution is 5.98. The number of carbonyl (C=O) groups excluding carboxylic acids is 2. The molecule has 4 rings (SSSR count). The van der Waals surface area contributed by atoms with E-state index in [0.717, 1.165) is 35.6 Å². The molecule has 2 N–H and O–H groups in total. The summed E-state index contributed by atoms with van der Waals surface area (Å²) in [6, 6.07) is 20.7. The van der Waals surface area contributed by atoms with Crippen LogP contribution >= 0.6 is 0 Å². The predicted molar refractivity (Wildman–Crippen MR) is 141 cm³/mol. The molecule has 0 aliphatic carbocycles. The zero-order valence-electron chi connectivity index (χ0n) is 20.9. The Morgan fingerprint density at radius 1 is 1.03 bits per heavy atom. The van der Waals surface area contributed by atoms with E-state index >= 15 is 0 Å². The number of methoxy groups -OCH3 is 1. The zero-order chi connectivity index (χ0) is 25.9. The first-order valence-corrected chi connectivity index (χ1v) is 12.4. The Balaban J connectivity index is 1.44. The third kappa shape index (κ3) is 7.63. The number of ether oxygens (including phenoxy) is 3. The second kappa shape index (κ2) is 13.5. The van der Waals surface area contributed by atoms with Gasteiger partial charge in [-0.3, -0.25) is 9.59 Å². The van der Waals surface area contributed by atoms with Crippen molar-refractivity contribution < 1.29 is 28.6 Å². The van der Waals surface area contributed by atoms with Gasteiger partial charge in [0, 0.05) is 37.6 Å². The maximum atomic E-state index is 12.9. The van der Waals surface area contributed by atoms with Gasteiger partial charge in [0.25, 0.3) is 11.8 Å². The topological polar surface area (TPSA) is 95.1 Å². The second-order valence-corrected chi connectivity index (χ2v) is 8.65. The average Bonchev–Trinajstić information content (AvgIpc) is 2.95. The van der Waals surface area contributed by atoms with Crippen molar-refractivity contribution in [3.63, 3.8) is 0 Å². The Morgan fingerprint density at radius 3 is 2.62 bits per heavy atom. The van der Waals surface area contributed by atoms with Gasteiger partial charge >= 0.3 is 0 Å². The average molecular weight is 505 g/mol. The lowest BCUT2D eigenvalue weighted by molar-refractivity contribution is -0.186. The van der Waals surface area contributed by atoms with E-state index < -0.39 is 6.29 Å². The first-order chi connectivity index (χ1) is 18.1. The van der Waals surface area contributed by atoms with Crippen LogP contribution in [0.15, 0.2) is 72.3 Å². The molecule has 0 radical (unpaired) electrons. The lowest BCUT2D eigenvalue weighted by Gasteiger charge is -2.22. The molecular formula is C29H32N2O6. The molecule has 1 fully saturated rings. The molecule has 194 valence electrons. The summed E-state index contributed by atoms with van der Waals surface area (Å²) >= 11 is 0. The molecule has 0 bridgehead atoms. The van der Waals surface area contributed by atoms with Crippen molar-refractivity contribution in [2.45, 2.75) is 25.6 Å². The Labute approximate surface area is 216 Å². The third-order valence-electron chi connectivity index (χ3n) is 5.95. The molecule has 1 atom stereocenters. The molecular weight excluding hydrogens is 472 g/mol. The van der Waals surface area contributed by atoms with Crippen LogP contribution in [0, 0.1) is 0 Å². The van der Waals surface area contributed by atoms with Gasteiger partial charge < -0.3 is 19.5 Å². The van der Waals surface area contributed by atoms with E-state index in [4.69, 9.17) is 19.0 Å². The fraction of sp³-hybridized carbons (Fsp3) is 0.310. The standard InChI is InChI=1S/C29H32N2O6/c1-34-18-16-30-28(32)24(20-36-26-10-6-8-22-7-2-3-9-25(22)26)19-21-12-14-23(15-13-21)29(33)31-37-27-11-4-5-17-35-27/h2-3,6-10,12-15,19,27H,4-5,11,16-18,20H2,1H3,(H,30,32)(H,31,33)/b24-19+. The number of hydrogen-bond donors (Lipinski definition) is 2. The van der Waals surface area contributed by atoms with Crippen LogP contribution in [0.2, 0.25) is 0 Å². The van der Waals surface area contributed by atoms with Crippen LogP contribution in [-0.2, 0) is 19.1 Å². The summed E-state index contributed by atoms with van der Waals surface area (Å²) in [4.78, 5) is 30.7. The number of rotatable bonds is 11. The highest BCUT2D eigenvalue weighted by Gasteiger charge is 2.16. The first-order valence-electron chi connectivity index (χ1n) is 12.4. The van der Waals surface area contributed by atoms with E-state index in [-0.39, 0.29) is 18.4 Å². The number of nitrogens with one attached hydrogen (secondary N) is 2. The molecule has 1 unspecified atom stereocenters. The van der Waals surface area contributed by atoms with Crippen LogP contribution < -0.4 is 15.5 Å². The van der Waals surface area contributed by atoms with Gasteiger partial charge in [-0.1, -0.05) is 48.5 Å². The van der Waals surface area contributed by atoms with E-state index in [1.54, 1.807) is 37.5 Å². The Bertz CT molecular complexity index is 1210. The molecule has 8 nitrogen and oxygen atoms in total. The van der Waals surface area contributed by atoms with Gasteiger partial charge in [-0.2, -0.15) is 0 Å². The zero-order valence-corrected chi connectivity index (χ0v) is 20.9. The van der Waals surface area contributed by atoms with E-state index in [1.165, 1.54) is 0 Å². The Morgan fingerprint density at radius 2 is 1.84 bits per heavy atom. The van der Waals surface area contributed by atoms with Crippen molar-refractivity contribution in [1.29, 1.82) is 0 Å². The van der Waals surface area contributed by atoms with Crippen molar-refractivity contribution in [2.24, 2.45) is 0 Å². The summed E-state index contributed by atoms with van der Waals surface area (Å²) in [5, 5.41) is 4.88. The molecule has 2 amide bonds. The number of benzene rings is 3. The third-order valence-corrected chi connectivity index (χ3v) is 5.95. The summed E-state index contributed by atoms with van der Waals surface area (Å²) in [7, 11) is 1.58. The molecule has 0 saturated carbocycles. The van der Waals surface area contributed by atoms with Gasteiger partial charge in [0.05, 0.1) is 12.2 Å². The minimum absolute atomic E-state index is 0.0737. The molecule has 1 saturated heterocycles. The van der Waals surface area contributed by atoms with E-state index in [9.17, 15) is 9.59 Å². The number of hydroxylamine groups is 1. The largest absolute Gasteiger partial charge is 0.488 e. The van der Waals surface area contributed by atoms with Crippen molar-refractivity contribution >= 4 is 28.7 Å². The van der Waals surface area contributed by atoms with E-state index in [2.05, 4.69) is 10.8 Å². The van der Waals surface area contributed by atoms with Gasteiger partial charge in [0.1, 0.15) is 12.4 Å². The summed E-state index contributed by atoms with van der Waals surface area (Å²) in [5.41, 5.74) is 4.09. The van der Waals surface area contributed by atoms with Gasteiger partial charge in [-0.15, -0.1) is 0 Å². The molecule has 8 heteroatoms. The lowest BCUT2D eigenvalue weighted by Crippen LogP contribution is -2.33. The molecule has 0 spiro atoms. The normalized spacial score (nSPS) is 15.8. The quantitative estimate of drug-likeness (QED) is 0.230. The Hall–Kier alpha value is -3.72. The first kappa shape index (κ1) is 26.3. The maximum absolute atomic E-state index is 12.9. The summed E-state index contributed by atoms with van der Waals surface area (Å²) in [6.07, 6.45) is 4.09. The van der Waals surface area contributed by atoms with Gasteiger partial charge in [-0.25, -0.2) is 10.3 Å². The molecule has 3 aromatic rings. The minimum atomic E-state index is -0.416. The van der Waals surface area contributed by atoms with Crippen LogP contribution in [-0.4, -0.2) is 51.6 Å². The van der Waals surface area contributed by atoms with Crippen LogP contribution in [0.5, 0.6) is 5.75 Å². The second-order valence-electron chi connectivity index (χ2n) is 8.65. The Kier molecular flexibility index (Phi) is 9.65. The van der Waals surface area contributed by atoms with Crippen molar-refractivity contribution in [1.82, 2.24) is 10.8 Å². The van der Waals surface area contributed by atoms with Crippen LogP contribution in [0.3, 0.4) is 0 Å². The van der Waals surface area contributed by atoms with Gasteiger partial charge in [-0.05, 0) is 48.1 Å². The lowest BCUT2D eigenvalue weighted by atomic mass is 10.1. The smallest absolute Gasteiger partial charge is 0.274 e. The van der Waals surface area contributed by atoms with Crippen molar-refractivity contribution in [3.8, 4) is 5.75 Å². The van der Waals surface area contributed by atoms with Crippen molar-refractivity contribution in [3.05, 3.63) is 83.4 Å². The predicted octanol–water partition coefficient (Wildman–Crippen LogP) is 4.25. The van der Waals surface area contributed by atoms with Crippen molar-refractivity contribution in [2.75, 3.05) is 33.5 Å². The fourth-order valence-electron chi connectivity index (χ4n) is 3.94. The SMILES string of the molecule is COCCNC(=O)/C(=C/c1ccc(C(=O)NOC2CCCCO2)cc1)COc1cccc2ccccc12. The van der Waals surface area contributed by atoms with Crippen LogP contribution in [0.4, 0.5) is 0 Å². The number of carbonyl (C=O) groups is 2. The van der Waals surface area contributed by atoms with E-state index in [0.29, 0.717) is 36.6 Å². The summed E-state index contributed by atoms with van der Waals surface area (Å²) in [5.74, 6) is 0.0872. The fourth-order valence-corrected chi connectivity index (χ4v) is 3.94. The molecule has 37 heavy (non-hydrogen) atoms. The minimum Gasteiger partial charge on any atom is -0.488 e. The molecule has 1 heterocycles. The van der Waals surface area contributed by atoms with Crippen LogP contribution in [0.25, 0.3) is 16.8 Å². The molecule has 1 aliphatic rings. The number of hydrogen-bond acceptors (Lipinski definition) is 6. The maximum Gasteiger partial charge on any atom is 0.274 e. The van der Waals surface area contributed by atoms with E-state index in [1.807, 2.05) is 42.5 Å².